The number of aliphatic hydroxyl groups excluding tert-OH is 6. The maximum Gasteiger partial charge on any atom is 0.335 e. The molecule has 5 saturated heterocycles. The maximum absolute atomic E-state index is 14.0. The molecule has 5 aliphatic heterocycles. The second kappa shape index (κ2) is 42.7. The molecule has 5 heterocycles. The van der Waals surface area contributed by atoms with Crippen molar-refractivity contribution in [3.63, 3.8) is 0 Å². The standard InChI is InChI=1S/2C38H54N4O5.C31H40N2O6/c2*1-24-31-20-30(38(31,3)4)21-32(24)40-37(46)35-34(25(2)44)33(23-43)47-42(35)22-26-10-8-11-27(18-26)28-12-9-13-29(19-28)36(45)39-14-17-41-15-6-5-7-16-41;1-17-24-13-23(31(24,3)4)14-25(17)32-29(36)28-27(18(2)35)26(16-34)39-33(28)15-19-7-5-8-20(11-19)21-9-6-10-22(12-21)30(37)38/h2*8-13,18-19,24-25,30-35,43-44H,5-7,14-17,20-23H2,1-4H3,(H,39,45)(H,40,46);5-12,17-18,23-28,34-35H,13-16H2,1-4H3,(H,32,36)(H,37,38)/t2*24-,25-,30+,31-,32-,33-,34+,35-;17-,18-,23+,24-,25-,26-,27+,28-/m000/s1. The molecule has 12 N–H and O–H groups in total. The van der Waals surface area contributed by atoms with Gasteiger partial charge in [0, 0.05) is 73.2 Å². The van der Waals surface area contributed by atoms with Crippen LogP contribution in [0.1, 0.15) is 208 Å². The van der Waals surface area contributed by atoms with Crippen molar-refractivity contribution in [2.75, 3.05) is 72.2 Å². The van der Waals surface area contributed by atoms with E-state index in [2.05, 4.69) is 98.7 Å². The van der Waals surface area contributed by atoms with Crippen LogP contribution in [0.5, 0.6) is 0 Å². The molecule has 5 amide bonds. The summed E-state index contributed by atoms with van der Waals surface area (Å²) < 4.78 is 0. The third-order valence-corrected chi connectivity index (χ3v) is 33.7. The fourth-order valence-corrected chi connectivity index (χ4v) is 25.3. The Labute approximate surface area is 786 Å². The van der Waals surface area contributed by atoms with Crippen molar-refractivity contribution in [1.82, 2.24) is 51.6 Å². The summed E-state index contributed by atoms with van der Waals surface area (Å²) in [5.41, 5.74) is 10.5. The molecule has 14 fully saturated rings. The van der Waals surface area contributed by atoms with Gasteiger partial charge < -0.3 is 72.1 Å². The van der Waals surface area contributed by atoms with E-state index < -0.39 is 78.5 Å². The normalized spacial score (nSPS) is 31.5. The summed E-state index contributed by atoms with van der Waals surface area (Å²) in [5, 5.41) is 93.1. The third-order valence-electron chi connectivity index (χ3n) is 33.7. The molecule has 0 unspecified atom stereocenters. The van der Waals surface area contributed by atoms with Gasteiger partial charge in [-0.05, 0) is 285 Å². The number of likely N-dealkylation sites (tertiary alicyclic amines) is 2. The Morgan fingerprint density at radius 3 is 0.917 bits per heavy atom. The van der Waals surface area contributed by atoms with Gasteiger partial charge in [-0.3, -0.25) is 38.5 Å². The van der Waals surface area contributed by atoms with E-state index >= 15 is 0 Å². The van der Waals surface area contributed by atoms with Gasteiger partial charge in [-0.15, -0.1) is 0 Å². The Morgan fingerprint density at radius 1 is 0.383 bits per heavy atom. The number of amides is 5. The summed E-state index contributed by atoms with van der Waals surface area (Å²) in [6, 6.07) is 43.8. The Bertz CT molecular complexity index is 4800. The first-order valence-corrected chi connectivity index (χ1v) is 49.5. The molecule has 26 nitrogen and oxygen atoms in total. The molecule has 722 valence electrons. The molecular weight excluding hydrogens is 1680 g/mol. The second-order valence-corrected chi connectivity index (χ2v) is 42.7. The smallest absolute Gasteiger partial charge is 0.335 e. The quantitative estimate of drug-likeness (QED) is 0.0199. The number of carboxylic acid groups (broad SMARTS) is 1. The summed E-state index contributed by atoms with van der Waals surface area (Å²) in [6.45, 7) is 33.1. The number of benzene rings is 6. The number of hydrogen-bond acceptors (Lipinski definition) is 20. The first kappa shape index (κ1) is 99.1. The number of hydrogen-bond donors (Lipinski definition) is 12. The van der Waals surface area contributed by atoms with Gasteiger partial charge in [0.2, 0.25) is 17.7 Å². The van der Waals surface area contributed by atoms with Crippen LogP contribution in [0, 0.1) is 87.3 Å². The molecule has 0 aromatic heterocycles. The lowest BCUT2D eigenvalue weighted by atomic mass is 9.45. The van der Waals surface area contributed by atoms with Gasteiger partial charge in [-0.1, -0.05) is 166 Å². The third kappa shape index (κ3) is 21.8. The van der Waals surface area contributed by atoms with Crippen molar-refractivity contribution in [2.24, 2.45) is 87.3 Å². The van der Waals surface area contributed by atoms with Crippen LogP contribution in [-0.4, -0.2) is 241 Å². The fraction of sp³-hybridized carbons (Fsp3) is 0.607. The summed E-state index contributed by atoms with van der Waals surface area (Å²) in [7, 11) is 0. The minimum atomic E-state index is -0.986. The van der Waals surface area contributed by atoms with Crippen molar-refractivity contribution in [2.45, 2.75) is 253 Å². The van der Waals surface area contributed by atoms with E-state index in [9.17, 15) is 64.5 Å². The Hall–Kier alpha value is -8.42. The van der Waals surface area contributed by atoms with Crippen molar-refractivity contribution >= 4 is 35.5 Å². The van der Waals surface area contributed by atoms with Gasteiger partial charge in [0.05, 0.1) is 63.3 Å². The highest BCUT2D eigenvalue weighted by Crippen LogP contribution is 2.64. The molecule has 6 aromatic rings. The second-order valence-electron chi connectivity index (χ2n) is 42.7. The molecule has 0 spiro atoms. The molecule has 26 heteroatoms. The number of carbonyl (C=O) groups excluding carboxylic acids is 5. The molecule has 24 atom stereocenters. The summed E-state index contributed by atoms with van der Waals surface area (Å²) >= 11 is 0. The van der Waals surface area contributed by atoms with Gasteiger partial charge in [0.15, 0.2) is 0 Å². The SMILES string of the molecule is C[C@@H]1[C@@H](NC(=O)[C@@H]2[C@H]([C@H](C)O)[C@H](CO)ON2Cc2cccc(-c3cccc(C(=O)NCCN4CCCCC4)c3)c2)C[C@H]2C[C@@H]1C2(C)C.C[C@@H]1[C@@H](NC(=O)[C@@H]2[C@H]([C@H](C)O)[C@H](CO)ON2Cc2cccc(-c3cccc(C(=O)NCCN4CCCCC4)c3)c2)C[C@H]2C[C@@H]1C2(C)C.C[C@@H]1[C@@H](NC(=O)[C@@H]2[C@H]([C@H](C)O)[C@H](CO)ON2Cc2cccc(-c3cccc(C(=O)O)c3)c2)C[C@H]2C[C@@H]1C2(C)C. The van der Waals surface area contributed by atoms with Crippen LogP contribution >= 0.6 is 0 Å². The van der Waals surface area contributed by atoms with Crippen molar-refractivity contribution in [1.29, 1.82) is 0 Å². The van der Waals surface area contributed by atoms with E-state index in [0.29, 0.717) is 107 Å². The van der Waals surface area contributed by atoms with Crippen LogP contribution in [0.3, 0.4) is 0 Å². The van der Waals surface area contributed by atoms with Gasteiger partial charge >= 0.3 is 5.97 Å². The first-order valence-electron chi connectivity index (χ1n) is 49.5. The Balaban J connectivity index is 0.000000153. The molecule has 6 bridgehead atoms. The number of carboxylic acids is 1. The van der Waals surface area contributed by atoms with E-state index in [0.717, 1.165) is 109 Å². The lowest BCUT2D eigenvalue weighted by molar-refractivity contribution is -0.183. The largest absolute Gasteiger partial charge is 0.478 e. The van der Waals surface area contributed by atoms with E-state index in [1.54, 1.807) is 54.2 Å². The molecule has 6 aromatic carbocycles. The molecule has 20 rings (SSSR count). The van der Waals surface area contributed by atoms with Crippen LogP contribution in [-0.2, 0) is 48.5 Å². The van der Waals surface area contributed by atoms with Crippen LogP contribution in [0.15, 0.2) is 146 Å². The van der Waals surface area contributed by atoms with Gasteiger partial charge in [0.1, 0.15) is 36.4 Å². The van der Waals surface area contributed by atoms with Crippen LogP contribution < -0.4 is 26.6 Å². The van der Waals surface area contributed by atoms with Crippen molar-refractivity contribution in [3.05, 3.63) is 179 Å². The predicted molar refractivity (Wildman–Crippen MR) is 510 cm³/mol. The van der Waals surface area contributed by atoms with Gasteiger partial charge in [0.25, 0.3) is 11.8 Å². The highest BCUT2D eigenvalue weighted by Gasteiger charge is 2.61. The summed E-state index contributed by atoms with van der Waals surface area (Å²) in [5.74, 6) is 1.32. The molecule has 133 heavy (non-hydrogen) atoms. The lowest BCUT2D eigenvalue weighted by Crippen LogP contribution is -2.62. The molecule has 9 saturated carbocycles. The maximum atomic E-state index is 14.0. The number of piperidine rings is 2. The van der Waals surface area contributed by atoms with E-state index in [-0.39, 0.29) is 79.6 Å². The minimum absolute atomic E-state index is 0.0730. The van der Waals surface area contributed by atoms with Gasteiger partial charge in [-0.2, -0.15) is 15.2 Å². The number of fused-ring (bicyclic) bond motifs is 6. The fourth-order valence-electron chi connectivity index (χ4n) is 25.3. The Kier molecular flexibility index (Phi) is 31.8. The number of nitrogens with zero attached hydrogens (tertiary/aromatic N) is 5. The zero-order valence-corrected chi connectivity index (χ0v) is 80.1. The van der Waals surface area contributed by atoms with E-state index in [1.807, 2.05) is 127 Å². The molecule has 14 aliphatic rings. The average molecular weight is 1830 g/mol. The van der Waals surface area contributed by atoms with E-state index in [4.69, 9.17) is 14.5 Å². The van der Waals surface area contributed by atoms with Crippen LogP contribution in [0.4, 0.5) is 0 Å². The molecule has 9 aliphatic carbocycles. The van der Waals surface area contributed by atoms with Crippen molar-refractivity contribution in [3.8, 4) is 33.4 Å². The number of carbonyl (C=O) groups is 6. The first-order chi connectivity index (χ1) is 63.6. The Morgan fingerprint density at radius 2 is 0.654 bits per heavy atom. The summed E-state index contributed by atoms with van der Waals surface area (Å²) in [6.07, 6.45) is 9.44. The number of rotatable bonds is 30. The summed E-state index contributed by atoms with van der Waals surface area (Å²) in [4.78, 5) is 103. The highest BCUT2D eigenvalue weighted by molar-refractivity contribution is 5.96. The van der Waals surface area contributed by atoms with Crippen LogP contribution in [0.2, 0.25) is 0 Å². The molecule has 0 radical (unpaired) electrons. The number of aliphatic hydroxyl groups is 6. The van der Waals surface area contributed by atoms with Crippen LogP contribution in [0.25, 0.3) is 33.4 Å². The zero-order chi connectivity index (χ0) is 94.6. The lowest BCUT2D eigenvalue weighted by Gasteiger charge is -2.62. The number of aromatic carboxylic acids is 1. The number of hydroxylamine groups is 6. The number of nitrogens with one attached hydrogen (secondary N) is 5. The van der Waals surface area contributed by atoms with Gasteiger partial charge in [-0.25, -0.2) is 4.79 Å². The average Bonchev–Trinajstić information content (AvgIpc) is 1.25. The predicted octanol–water partition coefficient (Wildman–Crippen LogP) is 12.2. The minimum Gasteiger partial charge on any atom is -0.478 e. The topological polar surface area (TPSA) is 348 Å². The highest BCUT2D eigenvalue weighted by atomic mass is 16.7. The van der Waals surface area contributed by atoms with E-state index in [1.165, 1.54) is 57.8 Å². The zero-order valence-electron chi connectivity index (χ0n) is 80.1. The van der Waals surface area contributed by atoms with Crippen molar-refractivity contribution < 1.29 is 79.0 Å². The molecular formula is C107H148N10O16. The monoisotopic (exact) mass is 1830 g/mol.